The van der Waals surface area contributed by atoms with E-state index >= 15 is 0 Å². The maximum absolute atomic E-state index is 6.69. The van der Waals surface area contributed by atoms with E-state index in [2.05, 4.69) is 60.0 Å². The molecule has 1 saturated heterocycles. The normalized spacial score (nSPS) is 26.5. The van der Waals surface area contributed by atoms with Crippen molar-refractivity contribution in [1.82, 2.24) is 10.4 Å². The van der Waals surface area contributed by atoms with Crippen LogP contribution in [0.4, 0.5) is 0 Å². The van der Waals surface area contributed by atoms with Crippen molar-refractivity contribution in [3.05, 3.63) is 96.1 Å². The number of nitrogens with one attached hydrogen (secondary N) is 2. The first-order valence-electron chi connectivity index (χ1n) is 11.4. The SMILES string of the molecule is C[NH+]1CCC2(CC1)Oc1ccccc1[C@@H]1C=C(c3ccc(Oc4ccccc4)cc3)NN12. The Kier molecular flexibility index (Phi) is 4.67. The topological polar surface area (TPSA) is 38.2 Å². The van der Waals surface area contributed by atoms with Crippen LogP contribution in [0.1, 0.15) is 30.0 Å². The third-order valence-electron chi connectivity index (χ3n) is 6.85. The van der Waals surface area contributed by atoms with E-state index in [4.69, 9.17) is 9.47 Å². The molecule has 1 spiro atoms. The molecule has 3 aliphatic heterocycles. The number of nitrogens with zero attached hydrogens (tertiary/aromatic N) is 1. The molecule has 3 aromatic carbocycles. The van der Waals surface area contributed by atoms with Crippen molar-refractivity contribution in [3.8, 4) is 17.2 Å². The van der Waals surface area contributed by atoms with Crippen molar-refractivity contribution in [1.29, 1.82) is 0 Å². The Balaban J connectivity index is 1.29. The van der Waals surface area contributed by atoms with Crippen molar-refractivity contribution < 1.29 is 14.4 Å². The summed E-state index contributed by atoms with van der Waals surface area (Å²) in [6.07, 6.45) is 4.34. The van der Waals surface area contributed by atoms with Gasteiger partial charge in [0.2, 0.25) is 0 Å². The largest absolute Gasteiger partial charge is 0.470 e. The minimum Gasteiger partial charge on any atom is -0.470 e. The maximum atomic E-state index is 6.69. The van der Waals surface area contributed by atoms with Gasteiger partial charge in [0.05, 0.1) is 44.7 Å². The predicted octanol–water partition coefficient (Wildman–Crippen LogP) is 3.78. The molecule has 0 unspecified atom stereocenters. The smallest absolute Gasteiger partial charge is 0.191 e. The molecule has 3 heterocycles. The van der Waals surface area contributed by atoms with Gasteiger partial charge in [-0.05, 0) is 54.1 Å². The van der Waals surface area contributed by atoms with Crippen molar-refractivity contribution in [2.45, 2.75) is 24.6 Å². The molecule has 1 fully saturated rings. The van der Waals surface area contributed by atoms with Gasteiger partial charge in [0.25, 0.3) is 0 Å². The summed E-state index contributed by atoms with van der Waals surface area (Å²) in [4.78, 5) is 1.57. The Morgan fingerprint density at radius 3 is 2.38 bits per heavy atom. The molecule has 0 bridgehead atoms. The third kappa shape index (κ3) is 3.34. The lowest BCUT2D eigenvalue weighted by atomic mass is 9.93. The third-order valence-corrected chi connectivity index (χ3v) is 6.85. The molecule has 3 aliphatic rings. The number of para-hydroxylation sites is 2. The van der Waals surface area contributed by atoms with Crippen molar-refractivity contribution >= 4 is 5.70 Å². The van der Waals surface area contributed by atoms with Crippen LogP contribution in [0.5, 0.6) is 17.2 Å². The van der Waals surface area contributed by atoms with E-state index in [0.29, 0.717) is 0 Å². The van der Waals surface area contributed by atoms with Gasteiger partial charge in [-0.2, -0.15) is 5.01 Å². The standard InChI is InChI=1S/C27H27N3O2/c1-29-17-15-27(16-18-29)30-25(23-9-5-6-10-26(23)32-27)19-24(28-30)20-11-13-22(14-12-20)31-21-7-3-2-4-8-21/h2-14,19,25,28H,15-18H2,1H3/p+1/t25-/m0/s1. The van der Waals surface area contributed by atoms with Crippen LogP contribution in [0.2, 0.25) is 0 Å². The number of hydrogen-bond acceptors (Lipinski definition) is 4. The quantitative estimate of drug-likeness (QED) is 0.669. The number of fused-ring (bicyclic) bond motifs is 4. The highest BCUT2D eigenvalue weighted by atomic mass is 16.5. The number of quaternary nitrogens is 1. The Hall–Kier alpha value is -3.28. The highest BCUT2D eigenvalue weighted by Gasteiger charge is 2.52. The van der Waals surface area contributed by atoms with E-state index in [1.807, 2.05) is 42.5 Å². The Morgan fingerprint density at radius 2 is 1.59 bits per heavy atom. The van der Waals surface area contributed by atoms with E-state index in [9.17, 15) is 0 Å². The van der Waals surface area contributed by atoms with Crippen LogP contribution in [0.3, 0.4) is 0 Å². The van der Waals surface area contributed by atoms with Gasteiger partial charge in [-0.25, -0.2) is 0 Å². The highest BCUT2D eigenvalue weighted by Crippen LogP contribution is 2.47. The van der Waals surface area contributed by atoms with Crippen LogP contribution in [0.15, 0.2) is 84.9 Å². The van der Waals surface area contributed by atoms with Gasteiger partial charge in [0.1, 0.15) is 17.2 Å². The number of likely N-dealkylation sites (tertiary alicyclic amines) is 1. The Morgan fingerprint density at radius 1 is 0.906 bits per heavy atom. The van der Waals surface area contributed by atoms with Crippen molar-refractivity contribution in [2.24, 2.45) is 0 Å². The zero-order valence-corrected chi connectivity index (χ0v) is 18.3. The summed E-state index contributed by atoms with van der Waals surface area (Å²) in [6, 6.07) is 26.8. The number of rotatable bonds is 3. The molecule has 2 N–H and O–H groups in total. The Bertz CT molecular complexity index is 1140. The molecule has 0 saturated carbocycles. The van der Waals surface area contributed by atoms with Crippen LogP contribution in [-0.4, -0.2) is 30.9 Å². The van der Waals surface area contributed by atoms with E-state index in [-0.39, 0.29) is 11.8 Å². The number of benzene rings is 3. The number of piperidine rings is 1. The predicted molar refractivity (Wildman–Crippen MR) is 124 cm³/mol. The summed E-state index contributed by atoms with van der Waals surface area (Å²) in [7, 11) is 2.27. The van der Waals surface area contributed by atoms with Crippen LogP contribution < -0.4 is 19.8 Å². The second kappa shape index (κ2) is 7.69. The minimum atomic E-state index is -0.312. The first-order valence-corrected chi connectivity index (χ1v) is 11.4. The van der Waals surface area contributed by atoms with Crippen LogP contribution >= 0.6 is 0 Å². The molecule has 6 rings (SSSR count). The lowest BCUT2D eigenvalue weighted by molar-refractivity contribution is -0.888. The van der Waals surface area contributed by atoms with Crippen LogP contribution in [0.25, 0.3) is 5.70 Å². The van der Waals surface area contributed by atoms with Crippen LogP contribution in [0, 0.1) is 0 Å². The molecular formula is C27H28N3O2+. The van der Waals surface area contributed by atoms with Crippen molar-refractivity contribution in [2.75, 3.05) is 20.1 Å². The molecule has 0 amide bonds. The molecule has 0 radical (unpaired) electrons. The molecule has 32 heavy (non-hydrogen) atoms. The molecule has 162 valence electrons. The van der Waals surface area contributed by atoms with Gasteiger partial charge in [-0.3, -0.25) is 0 Å². The van der Waals surface area contributed by atoms with Gasteiger partial charge in [-0.1, -0.05) is 36.4 Å². The van der Waals surface area contributed by atoms with E-state index in [0.717, 1.165) is 54.4 Å². The molecule has 1 atom stereocenters. The molecule has 3 aromatic rings. The van der Waals surface area contributed by atoms with E-state index in [1.165, 1.54) is 5.56 Å². The van der Waals surface area contributed by atoms with Gasteiger partial charge in [-0.15, -0.1) is 0 Å². The van der Waals surface area contributed by atoms with E-state index in [1.54, 1.807) is 4.90 Å². The zero-order chi connectivity index (χ0) is 21.5. The maximum Gasteiger partial charge on any atom is 0.191 e. The molecule has 5 heteroatoms. The fraction of sp³-hybridized carbons (Fsp3) is 0.259. The van der Waals surface area contributed by atoms with Crippen LogP contribution in [-0.2, 0) is 0 Å². The molecule has 5 nitrogen and oxygen atoms in total. The number of hydrogen-bond donors (Lipinski definition) is 2. The average Bonchev–Trinajstić information content (AvgIpc) is 3.29. The summed E-state index contributed by atoms with van der Waals surface area (Å²) in [6.45, 7) is 2.21. The average molecular weight is 427 g/mol. The summed E-state index contributed by atoms with van der Waals surface area (Å²) in [5.74, 6) is 2.69. The van der Waals surface area contributed by atoms with Gasteiger partial charge in [0.15, 0.2) is 5.72 Å². The minimum absolute atomic E-state index is 0.161. The highest BCUT2D eigenvalue weighted by molar-refractivity contribution is 5.68. The number of ether oxygens (including phenoxy) is 2. The first kappa shape index (κ1) is 19.4. The zero-order valence-electron chi connectivity index (χ0n) is 18.3. The lowest BCUT2D eigenvalue weighted by Gasteiger charge is -2.50. The second-order valence-corrected chi connectivity index (χ2v) is 8.99. The fourth-order valence-corrected chi connectivity index (χ4v) is 5.02. The summed E-state index contributed by atoms with van der Waals surface area (Å²) < 4.78 is 12.7. The summed E-state index contributed by atoms with van der Waals surface area (Å²) in [5.41, 5.74) is 6.88. The Labute approximate surface area is 188 Å². The second-order valence-electron chi connectivity index (χ2n) is 8.99. The number of hydrazine groups is 1. The first-order chi connectivity index (χ1) is 15.7. The summed E-state index contributed by atoms with van der Waals surface area (Å²) in [5, 5.41) is 2.35. The van der Waals surface area contributed by atoms with Gasteiger partial charge in [0, 0.05) is 5.56 Å². The van der Waals surface area contributed by atoms with Crippen molar-refractivity contribution in [3.63, 3.8) is 0 Å². The van der Waals surface area contributed by atoms with Gasteiger partial charge < -0.3 is 19.8 Å². The van der Waals surface area contributed by atoms with E-state index < -0.39 is 0 Å². The monoisotopic (exact) mass is 426 g/mol. The fourth-order valence-electron chi connectivity index (χ4n) is 5.02. The van der Waals surface area contributed by atoms with Gasteiger partial charge >= 0.3 is 0 Å². The lowest BCUT2D eigenvalue weighted by Crippen LogP contribution is -3.11. The molecular weight excluding hydrogens is 398 g/mol. The summed E-state index contributed by atoms with van der Waals surface area (Å²) >= 11 is 0. The molecule has 0 aromatic heterocycles. The molecule has 0 aliphatic carbocycles.